The molecular formula is C16H20ClNO3. The maximum atomic E-state index is 12.2. The molecule has 0 aliphatic carbocycles. The summed E-state index contributed by atoms with van der Waals surface area (Å²) in [5.41, 5.74) is 0.757. The summed E-state index contributed by atoms with van der Waals surface area (Å²) in [6, 6.07) is 7.14. The van der Waals surface area contributed by atoms with Crippen LogP contribution in [0.15, 0.2) is 30.3 Å². The zero-order valence-corrected chi connectivity index (χ0v) is 13.3. The largest absolute Gasteiger partial charge is 0.465 e. The van der Waals surface area contributed by atoms with Crippen LogP contribution in [0.3, 0.4) is 0 Å². The predicted molar refractivity (Wildman–Crippen MR) is 84.0 cm³/mol. The molecular weight excluding hydrogens is 290 g/mol. The number of carbonyl (C=O) groups excluding carboxylic acids is 2. The number of rotatable bonds is 6. The second-order valence-corrected chi connectivity index (χ2v) is 5.13. The number of carbonyl (C=O) groups is 2. The van der Waals surface area contributed by atoms with Crippen LogP contribution >= 0.6 is 11.6 Å². The fraction of sp³-hybridized carbons (Fsp3) is 0.375. The van der Waals surface area contributed by atoms with Crippen molar-refractivity contribution in [1.82, 2.24) is 4.90 Å². The minimum absolute atomic E-state index is 0.0583. The molecule has 1 rings (SSSR count). The zero-order chi connectivity index (χ0) is 15.8. The van der Waals surface area contributed by atoms with E-state index in [9.17, 15) is 9.59 Å². The fourth-order valence-corrected chi connectivity index (χ4v) is 1.93. The Kier molecular flexibility index (Phi) is 6.96. The third-order valence-electron chi connectivity index (χ3n) is 2.82. The van der Waals surface area contributed by atoms with Crippen LogP contribution in [0.2, 0.25) is 5.02 Å². The highest BCUT2D eigenvalue weighted by Crippen LogP contribution is 2.16. The number of esters is 1. The first-order valence-electron chi connectivity index (χ1n) is 6.84. The smallest absolute Gasteiger partial charge is 0.325 e. The maximum absolute atomic E-state index is 12.2. The molecule has 1 amide bonds. The number of amides is 1. The van der Waals surface area contributed by atoms with Crippen LogP contribution < -0.4 is 0 Å². The lowest BCUT2D eigenvalue weighted by Gasteiger charge is -2.24. The van der Waals surface area contributed by atoms with Crippen molar-refractivity contribution in [2.24, 2.45) is 0 Å². The van der Waals surface area contributed by atoms with Gasteiger partial charge >= 0.3 is 5.97 Å². The van der Waals surface area contributed by atoms with Crippen molar-refractivity contribution in [3.8, 4) is 0 Å². The molecule has 0 bridgehead atoms. The van der Waals surface area contributed by atoms with Crippen molar-refractivity contribution < 1.29 is 14.3 Å². The van der Waals surface area contributed by atoms with Crippen LogP contribution in [0.5, 0.6) is 0 Å². The highest BCUT2D eigenvalue weighted by atomic mass is 35.5. The zero-order valence-electron chi connectivity index (χ0n) is 12.5. The SMILES string of the molecule is CCOC(=O)CN(C(=O)/C=C/c1ccccc1Cl)C(C)C. The lowest BCUT2D eigenvalue weighted by Crippen LogP contribution is -2.40. The van der Waals surface area contributed by atoms with E-state index in [4.69, 9.17) is 16.3 Å². The Balaban J connectivity index is 2.78. The van der Waals surface area contributed by atoms with Crippen LogP contribution in [0.25, 0.3) is 6.08 Å². The van der Waals surface area contributed by atoms with E-state index in [0.717, 1.165) is 5.56 Å². The Morgan fingerprint density at radius 1 is 1.33 bits per heavy atom. The molecule has 0 atom stereocenters. The van der Waals surface area contributed by atoms with Gasteiger partial charge in [0.2, 0.25) is 5.91 Å². The van der Waals surface area contributed by atoms with Gasteiger partial charge in [-0.1, -0.05) is 29.8 Å². The summed E-state index contributed by atoms with van der Waals surface area (Å²) in [6.07, 6.45) is 3.06. The van der Waals surface area contributed by atoms with Crippen molar-refractivity contribution >= 4 is 29.6 Å². The predicted octanol–water partition coefficient (Wildman–Crippen LogP) is 3.15. The molecule has 0 heterocycles. The second kappa shape index (κ2) is 8.47. The number of ether oxygens (including phenoxy) is 1. The maximum Gasteiger partial charge on any atom is 0.325 e. The first-order valence-corrected chi connectivity index (χ1v) is 7.22. The minimum atomic E-state index is -0.411. The molecule has 1 aromatic carbocycles. The number of halogens is 1. The van der Waals surface area contributed by atoms with Crippen molar-refractivity contribution in [2.75, 3.05) is 13.2 Å². The molecule has 0 unspecified atom stereocenters. The Hall–Kier alpha value is -1.81. The van der Waals surface area contributed by atoms with Gasteiger partial charge in [-0.15, -0.1) is 0 Å². The van der Waals surface area contributed by atoms with E-state index in [-0.39, 0.29) is 18.5 Å². The molecule has 0 radical (unpaired) electrons. The molecule has 114 valence electrons. The fourth-order valence-electron chi connectivity index (χ4n) is 1.73. The van der Waals surface area contributed by atoms with Gasteiger partial charge in [-0.2, -0.15) is 0 Å². The summed E-state index contributed by atoms with van der Waals surface area (Å²) in [5, 5.41) is 0.572. The van der Waals surface area contributed by atoms with E-state index in [0.29, 0.717) is 11.6 Å². The number of hydrogen-bond acceptors (Lipinski definition) is 3. The summed E-state index contributed by atoms with van der Waals surface area (Å²) in [6.45, 7) is 5.67. The minimum Gasteiger partial charge on any atom is -0.465 e. The molecule has 0 spiro atoms. The van der Waals surface area contributed by atoms with Crippen LogP contribution in [-0.4, -0.2) is 36.0 Å². The molecule has 0 saturated heterocycles. The first kappa shape index (κ1) is 17.2. The third kappa shape index (κ3) is 5.60. The van der Waals surface area contributed by atoms with E-state index >= 15 is 0 Å². The quantitative estimate of drug-likeness (QED) is 0.599. The number of nitrogens with zero attached hydrogens (tertiary/aromatic N) is 1. The highest BCUT2D eigenvalue weighted by Gasteiger charge is 2.18. The summed E-state index contributed by atoms with van der Waals surface area (Å²) in [7, 11) is 0. The van der Waals surface area contributed by atoms with E-state index < -0.39 is 5.97 Å². The van der Waals surface area contributed by atoms with Gasteiger partial charge in [0.05, 0.1) is 6.61 Å². The van der Waals surface area contributed by atoms with E-state index in [1.165, 1.54) is 11.0 Å². The van der Waals surface area contributed by atoms with Crippen molar-refractivity contribution in [3.63, 3.8) is 0 Å². The van der Waals surface area contributed by atoms with Gasteiger partial charge in [0.1, 0.15) is 6.54 Å². The lowest BCUT2D eigenvalue weighted by atomic mass is 10.2. The summed E-state index contributed by atoms with van der Waals surface area (Å²) in [5.74, 6) is -0.663. The highest BCUT2D eigenvalue weighted by molar-refractivity contribution is 6.32. The Morgan fingerprint density at radius 3 is 2.57 bits per heavy atom. The number of benzene rings is 1. The molecule has 5 heteroatoms. The molecule has 21 heavy (non-hydrogen) atoms. The normalized spacial score (nSPS) is 10.9. The molecule has 1 aromatic rings. The topological polar surface area (TPSA) is 46.6 Å². The molecule has 4 nitrogen and oxygen atoms in total. The van der Waals surface area contributed by atoms with Gasteiger partial charge in [-0.05, 0) is 38.5 Å². The molecule has 0 aromatic heterocycles. The van der Waals surface area contributed by atoms with Crippen molar-refractivity contribution in [3.05, 3.63) is 40.9 Å². The Morgan fingerprint density at radius 2 is 2.00 bits per heavy atom. The van der Waals surface area contributed by atoms with Crippen LogP contribution in [0.4, 0.5) is 0 Å². The van der Waals surface area contributed by atoms with Gasteiger partial charge in [0.25, 0.3) is 0 Å². The van der Waals surface area contributed by atoms with Crippen molar-refractivity contribution in [1.29, 1.82) is 0 Å². The molecule has 0 N–H and O–H groups in total. The molecule has 0 fully saturated rings. The van der Waals surface area contributed by atoms with Crippen LogP contribution in [-0.2, 0) is 14.3 Å². The van der Waals surface area contributed by atoms with Gasteiger partial charge in [0.15, 0.2) is 0 Å². The Bertz CT molecular complexity index is 526. The summed E-state index contributed by atoms with van der Waals surface area (Å²) in [4.78, 5) is 25.2. The lowest BCUT2D eigenvalue weighted by molar-refractivity contribution is -0.148. The van der Waals surface area contributed by atoms with Crippen LogP contribution in [0, 0.1) is 0 Å². The van der Waals surface area contributed by atoms with E-state index in [1.54, 1.807) is 19.1 Å². The van der Waals surface area contributed by atoms with Gasteiger partial charge in [-0.25, -0.2) is 0 Å². The Labute approximate surface area is 130 Å². The summed E-state index contributed by atoms with van der Waals surface area (Å²) >= 11 is 6.03. The third-order valence-corrected chi connectivity index (χ3v) is 3.17. The molecule has 0 aliphatic heterocycles. The molecule has 0 aliphatic rings. The van der Waals surface area contributed by atoms with E-state index in [1.807, 2.05) is 32.0 Å². The monoisotopic (exact) mass is 309 g/mol. The number of hydrogen-bond donors (Lipinski definition) is 0. The first-order chi connectivity index (χ1) is 9.95. The molecule has 0 saturated carbocycles. The average Bonchev–Trinajstić information content (AvgIpc) is 2.43. The van der Waals surface area contributed by atoms with Crippen molar-refractivity contribution in [2.45, 2.75) is 26.8 Å². The van der Waals surface area contributed by atoms with E-state index in [2.05, 4.69) is 0 Å². The summed E-state index contributed by atoms with van der Waals surface area (Å²) < 4.78 is 4.88. The second-order valence-electron chi connectivity index (χ2n) is 4.72. The van der Waals surface area contributed by atoms with Gasteiger partial charge < -0.3 is 9.64 Å². The standard InChI is InChI=1S/C16H20ClNO3/c1-4-21-16(20)11-18(12(2)3)15(19)10-9-13-7-5-6-8-14(13)17/h5-10,12H,4,11H2,1-3H3/b10-9+. The average molecular weight is 310 g/mol. The van der Waals surface area contributed by atoms with Gasteiger partial charge in [-0.3, -0.25) is 9.59 Å². The van der Waals surface area contributed by atoms with Crippen LogP contribution in [0.1, 0.15) is 26.3 Å². The van der Waals surface area contributed by atoms with Gasteiger partial charge in [0, 0.05) is 17.1 Å².